The number of hydrogen-bond donors (Lipinski definition) is 2. The molecule has 0 spiro atoms. The van der Waals surface area contributed by atoms with Gasteiger partial charge in [-0.3, -0.25) is 9.59 Å². The molecule has 6 rings (SSSR count). The Morgan fingerprint density at radius 3 is 1.13 bits per heavy atom. The van der Waals surface area contributed by atoms with Crippen molar-refractivity contribution < 1.29 is 29.3 Å². The highest BCUT2D eigenvalue weighted by molar-refractivity contribution is 5.85. The smallest absolute Gasteiger partial charge is 0.305 e. The topological polar surface area (TPSA) is 93.1 Å². The molecule has 4 aromatic carbocycles. The Morgan fingerprint density at radius 2 is 0.809 bits per heavy atom. The number of carbonyl (C=O) groups excluding carboxylic acids is 2. The Kier molecular flexibility index (Phi) is 10.2. The fraction of sp³-hybridized carbons (Fsp3) is 0.366. The summed E-state index contributed by atoms with van der Waals surface area (Å²) >= 11 is 0. The molecule has 0 fully saturated rings. The third-order valence-electron chi connectivity index (χ3n) is 10.1. The minimum atomic E-state index is -0.535. The molecule has 6 nitrogen and oxygen atoms in total. The highest BCUT2D eigenvalue weighted by atomic mass is 16.5. The number of rotatable bonds is 16. The number of unbranched alkanes of at least 4 members (excludes halogenated alkanes) is 2. The first kappa shape index (κ1) is 32.7. The third-order valence-corrected chi connectivity index (χ3v) is 10.1. The quantitative estimate of drug-likeness (QED) is 0.0982. The fourth-order valence-electron chi connectivity index (χ4n) is 8.02. The molecule has 0 unspecified atom stereocenters. The summed E-state index contributed by atoms with van der Waals surface area (Å²) in [4.78, 5) is 26.5. The molecule has 4 aromatic rings. The van der Waals surface area contributed by atoms with Gasteiger partial charge in [0.1, 0.15) is 0 Å². The van der Waals surface area contributed by atoms with Gasteiger partial charge in [0, 0.05) is 36.9 Å². The third kappa shape index (κ3) is 6.37. The molecule has 244 valence electrons. The lowest BCUT2D eigenvalue weighted by atomic mass is 9.60. The second kappa shape index (κ2) is 14.7. The van der Waals surface area contributed by atoms with Gasteiger partial charge in [0.15, 0.2) is 0 Å². The predicted octanol–water partition coefficient (Wildman–Crippen LogP) is 7.50. The van der Waals surface area contributed by atoms with Crippen LogP contribution in [-0.4, -0.2) is 48.6 Å². The molecule has 2 aliphatic carbocycles. The predicted molar refractivity (Wildman–Crippen MR) is 183 cm³/mol. The normalized spacial score (nSPS) is 14.5. The Balaban J connectivity index is 1.45. The van der Waals surface area contributed by atoms with Gasteiger partial charge in [-0.2, -0.15) is 0 Å². The second-order valence-corrected chi connectivity index (χ2v) is 12.8. The maximum Gasteiger partial charge on any atom is 0.305 e. The number of hydrogen-bond acceptors (Lipinski definition) is 6. The standard InChI is InChI=1S/C41H44O6/c42-25-9-11-27-46-38(44)21-23-40(34-17-5-1-13-30(34)31-14-2-6-18-35(31)40)29-41(24-22-39(45)47-28-12-10-26-43)36-19-7-3-15-32(36)33-16-4-8-20-37(33)41/h1-8,13-20,42-43H,9-12,21-29H2. The lowest BCUT2D eigenvalue weighted by molar-refractivity contribution is -0.144. The average Bonchev–Trinajstić information content (AvgIpc) is 3.54. The van der Waals surface area contributed by atoms with Crippen molar-refractivity contribution in [3.05, 3.63) is 119 Å². The molecule has 0 saturated heterocycles. The summed E-state index contributed by atoms with van der Waals surface area (Å²) in [6.45, 7) is 0.750. The van der Waals surface area contributed by atoms with E-state index in [4.69, 9.17) is 19.7 Å². The van der Waals surface area contributed by atoms with Crippen molar-refractivity contribution >= 4 is 11.9 Å². The van der Waals surface area contributed by atoms with Crippen LogP contribution in [0, 0.1) is 0 Å². The SMILES string of the molecule is O=C(CCC1(CC2(CCC(=O)OCCCCO)c3ccccc3-c3ccccc32)c2ccccc2-c2ccccc21)OCCCCO. The van der Waals surface area contributed by atoms with E-state index in [0.29, 0.717) is 58.2 Å². The maximum absolute atomic E-state index is 13.2. The molecule has 0 bridgehead atoms. The molecular weight excluding hydrogens is 588 g/mol. The first-order chi connectivity index (χ1) is 23.0. The molecule has 0 aliphatic heterocycles. The van der Waals surface area contributed by atoms with Gasteiger partial charge in [0.05, 0.1) is 13.2 Å². The van der Waals surface area contributed by atoms with E-state index in [-0.39, 0.29) is 38.0 Å². The van der Waals surface area contributed by atoms with Gasteiger partial charge in [0.25, 0.3) is 0 Å². The van der Waals surface area contributed by atoms with Crippen LogP contribution in [-0.2, 0) is 29.9 Å². The van der Waals surface area contributed by atoms with E-state index in [1.807, 2.05) is 0 Å². The zero-order valence-electron chi connectivity index (χ0n) is 27.0. The van der Waals surface area contributed by atoms with Crippen LogP contribution >= 0.6 is 0 Å². The van der Waals surface area contributed by atoms with Crippen LogP contribution in [0.3, 0.4) is 0 Å². The fourth-order valence-corrected chi connectivity index (χ4v) is 8.02. The summed E-state index contributed by atoms with van der Waals surface area (Å²) in [5.74, 6) is -0.478. The Labute approximate surface area is 277 Å². The molecular formula is C41H44O6. The number of esters is 2. The van der Waals surface area contributed by atoms with Crippen molar-refractivity contribution in [2.24, 2.45) is 0 Å². The first-order valence-electron chi connectivity index (χ1n) is 17.0. The van der Waals surface area contributed by atoms with Gasteiger partial charge in [0.2, 0.25) is 0 Å². The molecule has 0 saturated carbocycles. The molecule has 0 atom stereocenters. The van der Waals surface area contributed by atoms with Gasteiger partial charge in [-0.15, -0.1) is 0 Å². The van der Waals surface area contributed by atoms with E-state index in [1.165, 1.54) is 44.5 Å². The van der Waals surface area contributed by atoms with Crippen LogP contribution in [0.15, 0.2) is 97.1 Å². The van der Waals surface area contributed by atoms with E-state index in [0.717, 1.165) is 0 Å². The minimum absolute atomic E-state index is 0.0788. The molecule has 0 amide bonds. The van der Waals surface area contributed by atoms with Crippen LogP contribution in [0.5, 0.6) is 0 Å². The molecule has 2 aliphatic rings. The number of fused-ring (bicyclic) bond motifs is 6. The zero-order valence-corrected chi connectivity index (χ0v) is 27.0. The Hall–Kier alpha value is -4.26. The molecule has 47 heavy (non-hydrogen) atoms. The van der Waals surface area contributed by atoms with E-state index >= 15 is 0 Å². The molecule has 0 aromatic heterocycles. The first-order valence-corrected chi connectivity index (χ1v) is 17.0. The van der Waals surface area contributed by atoms with Gasteiger partial charge in [-0.1, -0.05) is 97.1 Å². The maximum atomic E-state index is 13.2. The lowest BCUT2D eigenvalue weighted by Gasteiger charge is -2.42. The van der Waals surface area contributed by atoms with Crippen molar-refractivity contribution in [1.29, 1.82) is 0 Å². The van der Waals surface area contributed by atoms with Gasteiger partial charge in [-0.25, -0.2) is 0 Å². The number of aliphatic hydroxyl groups is 2. The van der Waals surface area contributed by atoms with Crippen molar-refractivity contribution in [3.8, 4) is 22.3 Å². The zero-order chi connectivity index (χ0) is 32.7. The van der Waals surface area contributed by atoms with E-state index in [2.05, 4.69) is 97.1 Å². The van der Waals surface area contributed by atoms with Gasteiger partial charge in [-0.05, 0) is 89.5 Å². The largest absolute Gasteiger partial charge is 0.466 e. The van der Waals surface area contributed by atoms with Crippen molar-refractivity contribution in [2.75, 3.05) is 26.4 Å². The van der Waals surface area contributed by atoms with Crippen LogP contribution in [0.4, 0.5) is 0 Å². The van der Waals surface area contributed by atoms with Crippen LogP contribution in [0.2, 0.25) is 0 Å². The molecule has 2 N–H and O–H groups in total. The summed E-state index contributed by atoms with van der Waals surface area (Å²) in [5, 5.41) is 18.3. The summed E-state index contributed by atoms with van der Waals surface area (Å²) in [7, 11) is 0. The van der Waals surface area contributed by atoms with Crippen LogP contribution in [0.1, 0.15) is 80.0 Å². The molecule has 0 radical (unpaired) electrons. The Morgan fingerprint density at radius 1 is 0.489 bits per heavy atom. The highest BCUT2D eigenvalue weighted by Gasteiger charge is 2.52. The summed E-state index contributed by atoms with van der Waals surface area (Å²) in [5.41, 5.74) is 8.43. The van der Waals surface area contributed by atoms with Crippen LogP contribution < -0.4 is 0 Å². The number of ether oxygens (including phenoxy) is 2. The molecule has 6 heteroatoms. The van der Waals surface area contributed by atoms with E-state index in [9.17, 15) is 9.59 Å². The number of benzene rings is 4. The van der Waals surface area contributed by atoms with E-state index in [1.54, 1.807) is 0 Å². The average molecular weight is 633 g/mol. The highest BCUT2D eigenvalue weighted by Crippen LogP contribution is 2.62. The van der Waals surface area contributed by atoms with Crippen molar-refractivity contribution in [2.45, 2.75) is 68.6 Å². The van der Waals surface area contributed by atoms with Crippen molar-refractivity contribution in [1.82, 2.24) is 0 Å². The Bertz CT molecular complexity index is 1490. The number of carbonyl (C=O) groups is 2. The summed E-state index contributed by atoms with van der Waals surface area (Å²) < 4.78 is 11.3. The van der Waals surface area contributed by atoms with Crippen molar-refractivity contribution in [3.63, 3.8) is 0 Å². The van der Waals surface area contributed by atoms with Gasteiger partial charge < -0.3 is 19.7 Å². The summed E-state index contributed by atoms with van der Waals surface area (Å²) in [6.07, 6.45) is 4.72. The lowest BCUT2D eigenvalue weighted by Crippen LogP contribution is -2.38. The minimum Gasteiger partial charge on any atom is -0.466 e. The monoisotopic (exact) mass is 632 g/mol. The molecule has 0 heterocycles. The number of aliphatic hydroxyl groups excluding tert-OH is 2. The van der Waals surface area contributed by atoms with Crippen LogP contribution in [0.25, 0.3) is 22.3 Å². The van der Waals surface area contributed by atoms with E-state index < -0.39 is 10.8 Å². The second-order valence-electron chi connectivity index (χ2n) is 12.8. The van der Waals surface area contributed by atoms with Gasteiger partial charge >= 0.3 is 11.9 Å². The summed E-state index contributed by atoms with van der Waals surface area (Å²) in [6, 6.07) is 34.2.